The first-order valence-corrected chi connectivity index (χ1v) is 12.7. The van der Waals surface area contributed by atoms with Crippen LogP contribution in [0.15, 0.2) is 109 Å². The van der Waals surface area contributed by atoms with Gasteiger partial charge < -0.3 is 20.4 Å². The summed E-state index contributed by atoms with van der Waals surface area (Å²) in [4.78, 5) is 48.9. The fourth-order valence-electron chi connectivity index (χ4n) is 5.22. The van der Waals surface area contributed by atoms with Gasteiger partial charge >= 0.3 is 23.9 Å². The van der Waals surface area contributed by atoms with E-state index in [1.807, 2.05) is 72.8 Å². The lowest BCUT2D eigenvalue weighted by Crippen LogP contribution is -2.20. The molecule has 5 rings (SSSR count). The number of benzene rings is 5. The molecule has 8 heteroatoms. The molecule has 0 radical (unpaired) electrons. The Kier molecular flexibility index (Phi) is 7.36. The Hall–Kier alpha value is -6.02. The molecule has 0 heterocycles. The summed E-state index contributed by atoms with van der Waals surface area (Å²) in [6.45, 7) is 0. The summed E-state index contributed by atoms with van der Waals surface area (Å²) < 4.78 is 0. The van der Waals surface area contributed by atoms with Gasteiger partial charge in [-0.25, -0.2) is 19.2 Å². The van der Waals surface area contributed by atoms with Crippen molar-refractivity contribution in [1.29, 1.82) is 0 Å². The van der Waals surface area contributed by atoms with E-state index in [9.17, 15) is 39.6 Å². The van der Waals surface area contributed by atoms with Crippen molar-refractivity contribution in [3.05, 3.63) is 131 Å². The third kappa shape index (κ3) is 4.89. The Bertz CT molecular complexity index is 1890. The molecule has 0 aromatic heterocycles. The fraction of sp³-hybridized carbons (Fsp3) is 0. The maximum Gasteiger partial charge on any atom is 0.337 e. The Morgan fingerprint density at radius 1 is 0.357 bits per heavy atom. The summed E-state index contributed by atoms with van der Waals surface area (Å²) >= 11 is 0. The Morgan fingerprint density at radius 2 is 0.714 bits per heavy atom. The average Bonchev–Trinajstić information content (AvgIpc) is 3.00. The van der Waals surface area contributed by atoms with Crippen molar-refractivity contribution in [3.8, 4) is 44.5 Å². The van der Waals surface area contributed by atoms with Gasteiger partial charge in [0.1, 0.15) is 0 Å². The average molecular weight is 559 g/mol. The van der Waals surface area contributed by atoms with Crippen LogP contribution in [-0.2, 0) is 0 Å². The second kappa shape index (κ2) is 11.2. The molecule has 0 amide bonds. The van der Waals surface area contributed by atoms with E-state index in [4.69, 9.17) is 0 Å². The zero-order chi connectivity index (χ0) is 30.0. The van der Waals surface area contributed by atoms with Crippen molar-refractivity contribution in [3.63, 3.8) is 0 Å². The van der Waals surface area contributed by atoms with Gasteiger partial charge in [-0.3, -0.25) is 0 Å². The molecular weight excluding hydrogens is 536 g/mol. The monoisotopic (exact) mass is 558 g/mol. The summed E-state index contributed by atoms with van der Waals surface area (Å²) in [7, 11) is 0. The van der Waals surface area contributed by atoms with Gasteiger partial charge in [0.15, 0.2) is 0 Å². The highest BCUT2D eigenvalue weighted by molar-refractivity contribution is 6.17. The van der Waals surface area contributed by atoms with E-state index in [1.54, 1.807) is 30.3 Å². The molecule has 0 unspecified atom stereocenters. The van der Waals surface area contributed by atoms with Crippen LogP contribution in [0.5, 0.6) is 0 Å². The van der Waals surface area contributed by atoms with Gasteiger partial charge in [0.05, 0.1) is 22.3 Å². The standard InChI is InChI=1S/C34H22O8/c35-31(36)27-18-26(28(32(37)38)30(34(41)42)29(27)33(39)40)25-17-9-8-16-24(25)23-15-7-6-14-22(23)21-13-5-4-12-20(21)19-10-2-1-3-11-19/h1-18H,(H,35,36)(H,37,38)(H,39,40)(H,41,42). The lowest BCUT2D eigenvalue weighted by molar-refractivity contribution is 0.0620. The van der Waals surface area contributed by atoms with Crippen LogP contribution in [0.25, 0.3) is 44.5 Å². The molecule has 5 aromatic rings. The highest BCUT2D eigenvalue weighted by Crippen LogP contribution is 2.43. The van der Waals surface area contributed by atoms with Crippen molar-refractivity contribution in [2.75, 3.05) is 0 Å². The van der Waals surface area contributed by atoms with E-state index in [0.29, 0.717) is 11.1 Å². The number of carbonyl (C=O) groups is 4. The smallest absolute Gasteiger partial charge is 0.337 e. The van der Waals surface area contributed by atoms with Crippen molar-refractivity contribution in [2.45, 2.75) is 0 Å². The SMILES string of the molecule is O=C(O)c1cc(-c2ccccc2-c2ccccc2-c2ccccc2-c2ccccc2)c(C(=O)O)c(C(=O)O)c1C(=O)O. The van der Waals surface area contributed by atoms with E-state index in [1.165, 1.54) is 0 Å². The quantitative estimate of drug-likeness (QED) is 0.157. The molecule has 0 fully saturated rings. The lowest BCUT2D eigenvalue weighted by Gasteiger charge is -2.19. The van der Waals surface area contributed by atoms with Crippen LogP contribution in [0, 0.1) is 0 Å². The molecule has 0 saturated heterocycles. The number of hydrogen-bond donors (Lipinski definition) is 4. The van der Waals surface area contributed by atoms with Gasteiger partial charge in [-0.2, -0.15) is 0 Å². The van der Waals surface area contributed by atoms with Gasteiger partial charge in [0.25, 0.3) is 0 Å². The van der Waals surface area contributed by atoms with Crippen molar-refractivity contribution >= 4 is 23.9 Å². The summed E-state index contributed by atoms with van der Waals surface area (Å²) in [5.41, 5.74) is 0.882. The molecule has 42 heavy (non-hydrogen) atoms. The minimum Gasteiger partial charge on any atom is -0.478 e. The lowest BCUT2D eigenvalue weighted by atomic mass is 9.83. The Morgan fingerprint density at radius 3 is 1.12 bits per heavy atom. The third-order valence-electron chi connectivity index (χ3n) is 6.94. The van der Waals surface area contributed by atoms with Gasteiger partial charge in [0.2, 0.25) is 0 Å². The zero-order valence-corrected chi connectivity index (χ0v) is 21.8. The Labute approximate surface area is 239 Å². The van der Waals surface area contributed by atoms with E-state index in [0.717, 1.165) is 28.3 Å². The molecule has 0 atom stereocenters. The number of carboxylic acids is 4. The number of carboxylic acid groups (broad SMARTS) is 4. The predicted octanol–water partition coefficient (Wildman–Crippen LogP) is 7.15. The van der Waals surface area contributed by atoms with Crippen LogP contribution in [-0.4, -0.2) is 44.3 Å². The first-order chi connectivity index (χ1) is 20.2. The topological polar surface area (TPSA) is 149 Å². The maximum absolute atomic E-state index is 12.5. The first kappa shape index (κ1) is 27.5. The molecule has 0 aliphatic rings. The molecule has 0 aliphatic carbocycles. The number of rotatable bonds is 8. The van der Waals surface area contributed by atoms with Crippen LogP contribution in [0.3, 0.4) is 0 Å². The third-order valence-corrected chi connectivity index (χ3v) is 6.94. The highest BCUT2D eigenvalue weighted by Gasteiger charge is 2.33. The van der Waals surface area contributed by atoms with E-state index >= 15 is 0 Å². The van der Waals surface area contributed by atoms with E-state index < -0.39 is 46.1 Å². The number of aromatic carboxylic acids is 4. The normalized spacial score (nSPS) is 10.7. The van der Waals surface area contributed by atoms with Crippen molar-refractivity contribution in [2.24, 2.45) is 0 Å². The van der Waals surface area contributed by atoms with Crippen LogP contribution in [0.1, 0.15) is 41.4 Å². The van der Waals surface area contributed by atoms with Crippen LogP contribution < -0.4 is 0 Å². The van der Waals surface area contributed by atoms with Crippen LogP contribution in [0.2, 0.25) is 0 Å². The largest absolute Gasteiger partial charge is 0.478 e. The number of hydrogen-bond acceptors (Lipinski definition) is 4. The minimum absolute atomic E-state index is 0.224. The zero-order valence-electron chi connectivity index (χ0n) is 21.8. The van der Waals surface area contributed by atoms with Gasteiger partial charge in [-0.15, -0.1) is 0 Å². The second-order valence-corrected chi connectivity index (χ2v) is 9.32. The second-order valence-electron chi connectivity index (χ2n) is 9.32. The van der Waals surface area contributed by atoms with E-state index in [-0.39, 0.29) is 11.1 Å². The van der Waals surface area contributed by atoms with Gasteiger partial charge in [0, 0.05) is 0 Å². The summed E-state index contributed by atoms with van der Waals surface area (Å²) in [6, 6.07) is 32.4. The maximum atomic E-state index is 12.5. The molecule has 206 valence electrons. The summed E-state index contributed by atoms with van der Waals surface area (Å²) in [6.07, 6.45) is 0. The predicted molar refractivity (Wildman–Crippen MR) is 156 cm³/mol. The molecule has 4 N–H and O–H groups in total. The minimum atomic E-state index is -1.87. The van der Waals surface area contributed by atoms with E-state index in [2.05, 4.69) is 0 Å². The molecular formula is C34H22O8. The fourth-order valence-corrected chi connectivity index (χ4v) is 5.22. The highest BCUT2D eigenvalue weighted by atomic mass is 16.4. The first-order valence-electron chi connectivity index (χ1n) is 12.7. The van der Waals surface area contributed by atoms with Crippen molar-refractivity contribution in [1.82, 2.24) is 0 Å². The molecule has 0 aliphatic heterocycles. The van der Waals surface area contributed by atoms with Gasteiger partial charge in [-0.05, 0) is 50.6 Å². The molecule has 0 saturated carbocycles. The summed E-state index contributed by atoms with van der Waals surface area (Å²) in [5.74, 6) is -7.15. The molecule has 8 nitrogen and oxygen atoms in total. The molecule has 0 spiro atoms. The Balaban J connectivity index is 1.85. The van der Waals surface area contributed by atoms with Crippen molar-refractivity contribution < 1.29 is 39.6 Å². The molecule has 0 bridgehead atoms. The molecule has 5 aromatic carbocycles. The summed E-state index contributed by atoms with van der Waals surface area (Å²) in [5, 5.41) is 39.6. The van der Waals surface area contributed by atoms with Crippen LogP contribution in [0.4, 0.5) is 0 Å². The van der Waals surface area contributed by atoms with Gasteiger partial charge in [-0.1, -0.05) is 103 Å². The van der Waals surface area contributed by atoms with Crippen LogP contribution >= 0.6 is 0 Å².